The van der Waals surface area contributed by atoms with E-state index < -0.39 is 118 Å². The fourth-order valence-electron chi connectivity index (χ4n) is 4.60. The highest BCUT2D eigenvalue weighted by Crippen LogP contribution is 2.49. The van der Waals surface area contributed by atoms with E-state index in [0.717, 1.165) is 10.8 Å². The number of nitrogen functional groups attached to an aromatic ring is 1. The van der Waals surface area contributed by atoms with Crippen molar-refractivity contribution in [2.75, 3.05) is 25.4 Å². The van der Waals surface area contributed by atoms with E-state index in [1.807, 2.05) is 0 Å². The number of nitrogens with zero attached hydrogens (tertiary/aromatic N) is 2. The summed E-state index contributed by atoms with van der Waals surface area (Å²) < 4.78 is 33.6. The first-order valence-corrected chi connectivity index (χ1v) is 13.9. The monoisotopic (exact) mass is 626 g/mol. The van der Waals surface area contributed by atoms with Crippen molar-refractivity contribution in [3.63, 3.8) is 0 Å². The summed E-state index contributed by atoms with van der Waals surface area (Å²) >= 11 is 0. The molecule has 0 spiro atoms. The summed E-state index contributed by atoms with van der Waals surface area (Å²) in [5.74, 6) is -7.44. The lowest BCUT2D eigenvalue weighted by Gasteiger charge is -2.47. The molecule has 11 atom stereocenters. The molecule has 3 rings (SSSR count). The van der Waals surface area contributed by atoms with Crippen LogP contribution in [0.5, 0.6) is 0 Å². The third kappa shape index (κ3) is 7.37. The summed E-state index contributed by atoms with van der Waals surface area (Å²) in [4.78, 5) is 52.5. The van der Waals surface area contributed by atoms with Crippen molar-refractivity contribution in [2.24, 2.45) is 17.4 Å². The Morgan fingerprint density at radius 2 is 1.93 bits per heavy atom. The van der Waals surface area contributed by atoms with Gasteiger partial charge in [-0.25, -0.2) is 9.59 Å². The molecule has 0 aliphatic carbocycles. The highest BCUT2D eigenvalue weighted by atomic mass is 31.2. The van der Waals surface area contributed by atoms with Gasteiger partial charge in [0.05, 0.1) is 31.5 Å². The number of carboxylic acid groups (broad SMARTS) is 1. The molecule has 0 saturated carbocycles. The molecule has 2 aliphatic rings. The number of Topliss-reactive ketones (excluding diaryl/α,β-unsaturated/α-hetero) is 1. The van der Waals surface area contributed by atoms with Gasteiger partial charge in [0.25, 0.3) is 13.6 Å². The van der Waals surface area contributed by atoms with Crippen molar-refractivity contribution in [3.8, 4) is 0 Å². The molecule has 20 nitrogen and oxygen atoms in total. The number of rotatable bonds is 13. The Hall–Kier alpha value is -2.43. The second kappa shape index (κ2) is 13.5. The number of phosphoric acid groups is 1. The van der Waals surface area contributed by atoms with Crippen molar-refractivity contribution < 1.29 is 68.2 Å². The van der Waals surface area contributed by atoms with Gasteiger partial charge in [0.15, 0.2) is 6.23 Å². The van der Waals surface area contributed by atoms with Crippen LogP contribution in [0, 0.1) is 5.92 Å². The number of aliphatic hydroxyl groups excluding tert-OH is 5. The molecule has 2 saturated heterocycles. The Labute approximate surface area is 236 Å². The van der Waals surface area contributed by atoms with Crippen LogP contribution in [0.1, 0.15) is 19.1 Å². The van der Waals surface area contributed by atoms with Crippen LogP contribution in [-0.2, 0) is 32.7 Å². The van der Waals surface area contributed by atoms with Crippen LogP contribution in [-0.4, -0.2) is 120 Å². The second-order valence-corrected chi connectivity index (χ2v) is 11.1. The lowest BCUT2D eigenvalue weighted by molar-refractivity contribution is -0.319. The van der Waals surface area contributed by atoms with E-state index in [4.69, 9.17) is 31.2 Å². The van der Waals surface area contributed by atoms with Gasteiger partial charge in [0.2, 0.25) is 0 Å². The minimum Gasteiger partial charge on any atom is -0.756 e. The number of hydrogen-bond acceptors (Lipinski definition) is 18. The van der Waals surface area contributed by atoms with Gasteiger partial charge in [0.1, 0.15) is 36.0 Å². The van der Waals surface area contributed by atoms with E-state index in [-0.39, 0.29) is 5.82 Å². The van der Waals surface area contributed by atoms with Gasteiger partial charge >= 0.3 is 11.7 Å². The van der Waals surface area contributed by atoms with Gasteiger partial charge in [-0.05, 0) is 6.07 Å². The number of hydrogen-bond donors (Lipinski definition) is 9. The SMILES string of the molecule is NCC(=O)C[C@H]1C([C@H](O)[C@H](O)CN)O[C@](OP(=O)([O-])OC[C@H]2O[C@@H](n3ccc(N)nc3=O)C(O)[C@H]2O)(C(=O)O)C[C@H]1O. The number of aliphatic hydroxyl groups is 5. The van der Waals surface area contributed by atoms with Gasteiger partial charge < -0.3 is 66.7 Å². The van der Waals surface area contributed by atoms with Crippen molar-refractivity contribution in [2.45, 2.75) is 67.6 Å². The Morgan fingerprint density at radius 3 is 2.50 bits per heavy atom. The molecule has 3 heterocycles. The number of carbonyl (C=O) groups is 2. The van der Waals surface area contributed by atoms with E-state index in [1.54, 1.807) is 0 Å². The highest BCUT2D eigenvalue weighted by Gasteiger charge is 2.57. The maximum Gasteiger partial charge on any atom is 0.364 e. The molecule has 2 aliphatic heterocycles. The molecule has 0 aromatic carbocycles. The molecule has 2 fully saturated rings. The van der Waals surface area contributed by atoms with Gasteiger partial charge in [0, 0.05) is 31.5 Å². The Kier molecular flexibility index (Phi) is 10.9. The number of ether oxygens (including phenoxy) is 2. The minimum absolute atomic E-state index is 0.138. The topological polar surface area (TPSA) is 346 Å². The molecule has 12 N–H and O–H groups in total. The normalized spacial score (nSPS) is 34.4. The first kappa shape index (κ1) is 34.1. The number of carboxylic acids is 1. The predicted octanol–water partition coefficient (Wildman–Crippen LogP) is -5.91. The van der Waals surface area contributed by atoms with Crippen LogP contribution in [0.3, 0.4) is 0 Å². The standard InChI is InChI=1S/C21H34N5O15P/c22-5-8(27)3-9-10(28)4-21(19(33)34,40-17(9)14(30)11(29)6-23)41-42(36,37)38-7-12-15(31)16(32)18(39-12)26-2-1-13(24)25-20(26)35/h1-2,9-12,14-18,28-32H,3-7,22-23H2,(H,33,34)(H,36,37)(H2,24,25,35)/p-1/t9-,10-,11-,12-,14-,15+,16?,17?,18-,21-/m1/s1. The molecule has 1 aromatic heterocycles. The highest BCUT2D eigenvalue weighted by molar-refractivity contribution is 7.45. The van der Waals surface area contributed by atoms with Gasteiger partial charge in [-0.2, -0.15) is 4.98 Å². The van der Waals surface area contributed by atoms with Crippen LogP contribution < -0.4 is 27.8 Å². The number of phosphoric ester groups is 1. The number of aromatic nitrogens is 2. The fourth-order valence-corrected chi connectivity index (χ4v) is 5.54. The number of anilines is 1. The van der Waals surface area contributed by atoms with Gasteiger partial charge in [-0.15, -0.1) is 0 Å². The maximum absolute atomic E-state index is 12.8. The summed E-state index contributed by atoms with van der Waals surface area (Å²) in [6, 6.07) is 1.20. The molecule has 238 valence electrons. The quantitative estimate of drug-likeness (QED) is 0.0920. The lowest BCUT2D eigenvalue weighted by atomic mass is 9.80. The number of ketones is 1. The smallest absolute Gasteiger partial charge is 0.364 e. The minimum atomic E-state index is -5.75. The van der Waals surface area contributed by atoms with Crippen molar-refractivity contribution in [3.05, 3.63) is 22.7 Å². The predicted molar refractivity (Wildman–Crippen MR) is 133 cm³/mol. The van der Waals surface area contributed by atoms with Crippen LogP contribution in [0.25, 0.3) is 0 Å². The van der Waals surface area contributed by atoms with Gasteiger partial charge in [-0.3, -0.25) is 18.5 Å². The molecule has 21 heteroatoms. The zero-order valence-corrected chi connectivity index (χ0v) is 22.7. The second-order valence-electron chi connectivity index (χ2n) is 9.74. The molecule has 3 unspecified atom stereocenters. The lowest BCUT2D eigenvalue weighted by Crippen LogP contribution is -2.62. The van der Waals surface area contributed by atoms with E-state index in [2.05, 4.69) is 9.51 Å². The molecular weight excluding hydrogens is 593 g/mol. The van der Waals surface area contributed by atoms with E-state index in [9.17, 15) is 54.5 Å². The van der Waals surface area contributed by atoms with Crippen molar-refractivity contribution >= 4 is 25.4 Å². The van der Waals surface area contributed by atoms with Crippen LogP contribution in [0.15, 0.2) is 17.1 Å². The summed E-state index contributed by atoms with van der Waals surface area (Å²) in [5, 5.41) is 61.8. The molecule has 0 bridgehead atoms. The van der Waals surface area contributed by atoms with Crippen LogP contribution in [0.4, 0.5) is 5.82 Å². The summed E-state index contributed by atoms with van der Waals surface area (Å²) in [6.45, 7) is -2.10. The largest absolute Gasteiger partial charge is 0.756 e. The number of carbonyl (C=O) groups excluding carboxylic acids is 1. The van der Waals surface area contributed by atoms with Crippen LogP contribution >= 0.6 is 7.82 Å². The number of nitrogens with two attached hydrogens (primary N) is 3. The number of aliphatic carboxylic acids is 1. The fraction of sp³-hybridized carbons (Fsp3) is 0.714. The Morgan fingerprint density at radius 1 is 1.26 bits per heavy atom. The first-order valence-electron chi connectivity index (χ1n) is 12.5. The summed E-state index contributed by atoms with van der Waals surface area (Å²) in [6.07, 6.45) is -14.7. The summed E-state index contributed by atoms with van der Waals surface area (Å²) in [5.41, 5.74) is 15.1. The van der Waals surface area contributed by atoms with E-state index in [0.29, 0.717) is 0 Å². The third-order valence-electron chi connectivity index (χ3n) is 6.83. The van der Waals surface area contributed by atoms with E-state index >= 15 is 0 Å². The average molecular weight is 626 g/mol. The molecule has 0 amide bonds. The zero-order chi connectivity index (χ0) is 31.6. The first-order chi connectivity index (χ1) is 19.6. The molecule has 42 heavy (non-hydrogen) atoms. The van der Waals surface area contributed by atoms with Crippen molar-refractivity contribution in [1.29, 1.82) is 0 Å². The molecule has 0 radical (unpaired) electrons. The van der Waals surface area contributed by atoms with Crippen molar-refractivity contribution in [1.82, 2.24) is 9.55 Å². The summed E-state index contributed by atoms with van der Waals surface area (Å²) in [7, 11) is -5.75. The Bertz CT molecular complexity index is 1240. The zero-order valence-electron chi connectivity index (χ0n) is 21.8. The maximum atomic E-state index is 12.8. The van der Waals surface area contributed by atoms with E-state index in [1.165, 1.54) is 6.07 Å². The van der Waals surface area contributed by atoms with Crippen LogP contribution in [0.2, 0.25) is 0 Å². The molecule has 1 aromatic rings. The molecular formula is C21H33N5O15P-. The van der Waals surface area contributed by atoms with Gasteiger partial charge in [-0.1, -0.05) is 0 Å². The Balaban J connectivity index is 1.79. The third-order valence-corrected chi connectivity index (χ3v) is 7.81. The average Bonchev–Trinajstić information content (AvgIpc) is 3.20.